The molecule has 1 aromatic carbocycles. The van der Waals surface area contributed by atoms with Crippen molar-refractivity contribution in [3.63, 3.8) is 0 Å². The molecule has 0 radical (unpaired) electrons. The summed E-state index contributed by atoms with van der Waals surface area (Å²) < 4.78 is 5.58. The molecule has 1 unspecified atom stereocenters. The van der Waals surface area contributed by atoms with Crippen LogP contribution in [-0.2, 0) is 11.4 Å². The molecule has 0 aliphatic carbocycles. The number of aromatic nitrogens is 1. The Morgan fingerprint density at radius 1 is 1.33 bits per heavy atom. The lowest BCUT2D eigenvalue weighted by Crippen LogP contribution is -2.30. The standard InChI is InChI=1S/C16H18N2O3/c1-11-3-5-14(6-4-11)21-12(2)16(20)18-15-9-17-8-7-13(15)10-19/h3-9,12,19H,10H2,1-2H3,(H,18,20). The van der Waals surface area contributed by atoms with Gasteiger partial charge in [-0.15, -0.1) is 0 Å². The van der Waals surface area contributed by atoms with Crippen molar-refractivity contribution in [1.29, 1.82) is 0 Å². The Kier molecular flexibility index (Phi) is 4.90. The molecule has 2 aromatic rings. The highest BCUT2D eigenvalue weighted by Gasteiger charge is 2.16. The normalized spacial score (nSPS) is 11.8. The van der Waals surface area contributed by atoms with E-state index in [9.17, 15) is 9.90 Å². The number of pyridine rings is 1. The minimum Gasteiger partial charge on any atom is -0.481 e. The van der Waals surface area contributed by atoms with Gasteiger partial charge in [0.1, 0.15) is 5.75 Å². The molecule has 0 spiro atoms. The molecule has 110 valence electrons. The van der Waals surface area contributed by atoms with Crippen LogP contribution >= 0.6 is 0 Å². The van der Waals surface area contributed by atoms with Gasteiger partial charge in [0.15, 0.2) is 6.10 Å². The Hall–Kier alpha value is -2.40. The van der Waals surface area contributed by atoms with E-state index in [0.29, 0.717) is 17.0 Å². The van der Waals surface area contributed by atoms with Crippen molar-refractivity contribution < 1.29 is 14.6 Å². The first kappa shape index (κ1) is 15.0. The molecule has 0 saturated carbocycles. The molecule has 2 rings (SSSR count). The van der Waals surface area contributed by atoms with Crippen LogP contribution < -0.4 is 10.1 Å². The van der Waals surface area contributed by atoms with Gasteiger partial charge in [0.05, 0.1) is 18.5 Å². The maximum Gasteiger partial charge on any atom is 0.265 e. The molecule has 5 nitrogen and oxygen atoms in total. The van der Waals surface area contributed by atoms with Crippen LogP contribution in [0.2, 0.25) is 0 Å². The van der Waals surface area contributed by atoms with Gasteiger partial charge in [0.2, 0.25) is 0 Å². The number of aliphatic hydroxyl groups excluding tert-OH is 1. The van der Waals surface area contributed by atoms with E-state index in [-0.39, 0.29) is 12.5 Å². The number of amides is 1. The lowest BCUT2D eigenvalue weighted by atomic mass is 10.2. The van der Waals surface area contributed by atoms with Crippen LogP contribution in [-0.4, -0.2) is 22.1 Å². The van der Waals surface area contributed by atoms with Crippen molar-refractivity contribution in [3.8, 4) is 5.75 Å². The lowest BCUT2D eigenvalue weighted by molar-refractivity contribution is -0.122. The second-order valence-electron chi connectivity index (χ2n) is 4.75. The van der Waals surface area contributed by atoms with E-state index in [4.69, 9.17) is 4.74 Å². The number of nitrogens with one attached hydrogen (secondary N) is 1. The molecule has 1 heterocycles. The van der Waals surface area contributed by atoms with Crippen LogP contribution in [0.1, 0.15) is 18.1 Å². The number of aryl methyl sites for hydroxylation is 1. The molecule has 1 atom stereocenters. The summed E-state index contributed by atoms with van der Waals surface area (Å²) in [4.78, 5) is 16.0. The third-order valence-corrected chi connectivity index (χ3v) is 3.04. The van der Waals surface area contributed by atoms with Gasteiger partial charge in [0, 0.05) is 11.8 Å². The van der Waals surface area contributed by atoms with Crippen molar-refractivity contribution >= 4 is 11.6 Å². The van der Waals surface area contributed by atoms with E-state index < -0.39 is 6.10 Å². The SMILES string of the molecule is Cc1ccc(OC(C)C(=O)Nc2cnccc2CO)cc1. The van der Waals surface area contributed by atoms with Gasteiger partial charge in [-0.1, -0.05) is 17.7 Å². The van der Waals surface area contributed by atoms with Crippen molar-refractivity contribution in [2.75, 3.05) is 5.32 Å². The summed E-state index contributed by atoms with van der Waals surface area (Å²) >= 11 is 0. The van der Waals surface area contributed by atoms with E-state index in [1.165, 1.54) is 6.20 Å². The Balaban J connectivity index is 2.01. The molecule has 0 fully saturated rings. The number of benzene rings is 1. The van der Waals surface area contributed by atoms with Crippen molar-refractivity contribution in [1.82, 2.24) is 4.98 Å². The largest absolute Gasteiger partial charge is 0.481 e. The third kappa shape index (κ3) is 4.03. The molecule has 2 N–H and O–H groups in total. The molecule has 1 aromatic heterocycles. The summed E-state index contributed by atoms with van der Waals surface area (Å²) in [6.07, 6.45) is 2.41. The average Bonchev–Trinajstić information content (AvgIpc) is 2.50. The summed E-state index contributed by atoms with van der Waals surface area (Å²) in [7, 11) is 0. The number of nitrogens with zero attached hydrogens (tertiary/aromatic N) is 1. The Labute approximate surface area is 123 Å². The lowest BCUT2D eigenvalue weighted by Gasteiger charge is -2.16. The fourth-order valence-electron chi connectivity index (χ4n) is 1.78. The highest BCUT2D eigenvalue weighted by atomic mass is 16.5. The number of carbonyl (C=O) groups excluding carboxylic acids is 1. The van der Waals surface area contributed by atoms with Crippen LogP contribution in [0.3, 0.4) is 0 Å². The zero-order chi connectivity index (χ0) is 15.2. The van der Waals surface area contributed by atoms with Crippen LogP contribution in [0, 0.1) is 6.92 Å². The van der Waals surface area contributed by atoms with Crippen molar-refractivity contribution in [2.24, 2.45) is 0 Å². The Morgan fingerprint density at radius 3 is 2.71 bits per heavy atom. The van der Waals surface area contributed by atoms with E-state index >= 15 is 0 Å². The minimum absolute atomic E-state index is 0.161. The Morgan fingerprint density at radius 2 is 2.05 bits per heavy atom. The number of rotatable bonds is 5. The predicted molar refractivity (Wildman–Crippen MR) is 80.1 cm³/mol. The summed E-state index contributed by atoms with van der Waals surface area (Å²) in [6, 6.07) is 9.14. The molecule has 21 heavy (non-hydrogen) atoms. The second kappa shape index (κ2) is 6.85. The Bertz CT molecular complexity index is 611. The quantitative estimate of drug-likeness (QED) is 0.884. The molecule has 5 heteroatoms. The maximum atomic E-state index is 12.1. The number of carbonyl (C=O) groups is 1. The summed E-state index contributed by atoms with van der Waals surface area (Å²) in [5.41, 5.74) is 2.23. The molecular weight excluding hydrogens is 268 g/mol. The van der Waals surface area contributed by atoms with E-state index in [0.717, 1.165) is 5.56 Å². The summed E-state index contributed by atoms with van der Waals surface area (Å²) in [5.74, 6) is 0.343. The minimum atomic E-state index is -0.653. The van der Waals surface area contributed by atoms with Crippen LogP contribution in [0.15, 0.2) is 42.7 Å². The summed E-state index contributed by atoms with van der Waals surface area (Å²) in [6.45, 7) is 3.49. The second-order valence-corrected chi connectivity index (χ2v) is 4.75. The zero-order valence-electron chi connectivity index (χ0n) is 12.0. The molecule has 0 aliphatic rings. The maximum absolute atomic E-state index is 12.1. The fourth-order valence-corrected chi connectivity index (χ4v) is 1.78. The van der Waals surface area contributed by atoms with Crippen LogP contribution in [0.5, 0.6) is 5.75 Å². The first-order chi connectivity index (χ1) is 10.1. The number of hydrogen-bond donors (Lipinski definition) is 2. The van der Waals surface area contributed by atoms with Gasteiger partial charge in [-0.25, -0.2) is 0 Å². The summed E-state index contributed by atoms with van der Waals surface area (Å²) in [5, 5.41) is 11.9. The molecule has 0 bridgehead atoms. The smallest absolute Gasteiger partial charge is 0.265 e. The topological polar surface area (TPSA) is 71.5 Å². The van der Waals surface area contributed by atoms with E-state index in [1.807, 2.05) is 31.2 Å². The first-order valence-electron chi connectivity index (χ1n) is 6.68. The van der Waals surface area contributed by atoms with Crippen LogP contribution in [0.25, 0.3) is 0 Å². The van der Waals surface area contributed by atoms with E-state index in [2.05, 4.69) is 10.3 Å². The van der Waals surface area contributed by atoms with Gasteiger partial charge in [-0.3, -0.25) is 9.78 Å². The van der Waals surface area contributed by atoms with Gasteiger partial charge in [-0.2, -0.15) is 0 Å². The van der Waals surface area contributed by atoms with E-state index in [1.54, 1.807) is 19.2 Å². The van der Waals surface area contributed by atoms with Gasteiger partial charge < -0.3 is 15.2 Å². The third-order valence-electron chi connectivity index (χ3n) is 3.04. The highest BCUT2D eigenvalue weighted by molar-refractivity contribution is 5.94. The van der Waals surface area contributed by atoms with Crippen molar-refractivity contribution in [3.05, 3.63) is 53.9 Å². The van der Waals surface area contributed by atoms with Gasteiger partial charge >= 0.3 is 0 Å². The average molecular weight is 286 g/mol. The molecule has 1 amide bonds. The molecular formula is C16H18N2O3. The van der Waals surface area contributed by atoms with Crippen molar-refractivity contribution in [2.45, 2.75) is 26.6 Å². The fraction of sp³-hybridized carbons (Fsp3) is 0.250. The molecule has 0 saturated heterocycles. The van der Waals surface area contributed by atoms with Crippen LogP contribution in [0.4, 0.5) is 5.69 Å². The predicted octanol–water partition coefficient (Wildman–Crippen LogP) is 2.29. The number of anilines is 1. The number of ether oxygens (including phenoxy) is 1. The zero-order valence-corrected chi connectivity index (χ0v) is 12.0. The monoisotopic (exact) mass is 286 g/mol. The molecule has 0 aliphatic heterocycles. The van der Waals surface area contributed by atoms with Gasteiger partial charge in [-0.05, 0) is 32.0 Å². The highest BCUT2D eigenvalue weighted by Crippen LogP contribution is 2.16. The first-order valence-corrected chi connectivity index (χ1v) is 6.68. The number of hydrogen-bond acceptors (Lipinski definition) is 4. The van der Waals surface area contributed by atoms with Gasteiger partial charge in [0.25, 0.3) is 5.91 Å². The number of aliphatic hydroxyl groups is 1.